The largest absolute Gasteiger partial charge is 0.495 e. The summed E-state index contributed by atoms with van der Waals surface area (Å²) in [5.41, 5.74) is 1.19. The van der Waals surface area contributed by atoms with E-state index in [4.69, 9.17) is 9.73 Å². The second-order valence-electron chi connectivity index (χ2n) is 8.13. The Morgan fingerprint density at radius 2 is 1.87 bits per heavy atom. The summed E-state index contributed by atoms with van der Waals surface area (Å²) in [5, 5.41) is 3.50. The first kappa shape index (κ1) is 21.3. The number of aromatic nitrogens is 1. The molecule has 0 saturated carbocycles. The second kappa shape index (κ2) is 10.4. The number of hydrogen-bond acceptors (Lipinski definition) is 5. The minimum absolute atomic E-state index is 0.563. The van der Waals surface area contributed by atoms with E-state index in [-0.39, 0.29) is 0 Å². The van der Waals surface area contributed by atoms with E-state index in [1.165, 1.54) is 5.69 Å². The van der Waals surface area contributed by atoms with Crippen molar-refractivity contribution in [3.05, 3.63) is 48.7 Å². The Morgan fingerprint density at radius 1 is 1.06 bits per heavy atom. The summed E-state index contributed by atoms with van der Waals surface area (Å²) in [6.45, 7) is 9.81. The molecule has 0 amide bonds. The van der Waals surface area contributed by atoms with E-state index in [9.17, 15) is 0 Å². The van der Waals surface area contributed by atoms with Crippen molar-refractivity contribution in [2.75, 3.05) is 69.3 Å². The number of hydrogen-bond donors (Lipinski definition) is 1. The van der Waals surface area contributed by atoms with Gasteiger partial charge in [-0.1, -0.05) is 18.2 Å². The fourth-order valence-corrected chi connectivity index (χ4v) is 4.42. The highest BCUT2D eigenvalue weighted by atomic mass is 16.5. The quantitative estimate of drug-likeness (QED) is 0.571. The summed E-state index contributed by atoms with van der Waals surface area (Å²) < 4.78 is 5.55. The molecule has 7 nitrogen and oxygen atoms in total. The van der Waals surface area contributed by atoms with Gasteiger partial charge in [0.15, 0.2) is 5.96 Å². The van der Waals surface area contributed by atoms with E-state index in [1.54, 1.807) is 7.11 Å². The van der Waals surface area contributed by atoms with E-state index in [0.29, 0.717) is 5.92 Å². The number of aliphatic imine (C=N–C) groups is 1. The summed E-state index contributed by atoms with van der Waals surface area (Å²) >= 11 is 0. The van der Waals surface area contributed by atoms with Crippen LogP contribution in [-0.4, -0.2) is 75.3 Å². The average Bonchev–Trinajstić information content (AvgIpc) is 3.31. The molecule has 2 fully saturated rings. The predicted octanol–water partition coefficient (Wildman–Crippen LogP) is 2.70. The minimum Gasteiger partial charge on any atom is -0.495 e. The summed E-state index contributed by atoms with van der Waals surface area (Å²) in [6.07, 6.45) is 3.03. The highest BCUT2D eigenvalue weighted by Gasteiger charge is 2.25. The van der Waals surface area contributed by atoms with Crippen LogP contribution in [0.3, 0.4) is 0 Å². The predicted molar refractivity (Wildman–Crippen MR) is 127 cm³/mol. The van der Waals surface area contributed by atoms with Crippen molar-refractivity contribution in [3.63, 3.8) is 0 Å². The number of nitrogens with one attached hydrogen (secondary N) is 1. The number of guanidine groups is 1. The van der Waals surface area contributed by atoms with Crippen molar-refractivity contribution in [3.8, 4) is 5.75 Å². The van der Waals surface area contributed by atoms with Gasteiger partial charge in [-0.05, 0) is 43.5 Å². The molecule has 2 aromatic rings. The zero-order valence-corrected chi connectivity index (χ0v) is 18.7. The number of methoxy groups -OCH3 is 1. The van der Waals surface area contributed by atoms with Gasteiger partial charge in [-0.2, -0.15) is 0 Å². The lowest BCUT2D eigenvalue weighted by atomic mass is 10.1. The average molecular weight is 423 g/mol. The van der Waals surface area contributed by atoms with Gasteiger partial charge in [-0.15, -0.1) is 0 Å². The smallest absolute Gasteiger partial charge is 0.194 e. The second-order valence-corrected chi connectivity index (χ2v) is 8.13. The number of piperazine rings is 1. The summed E-state index contributed by atoms with van der Waals surface area (Å²) in [6, 6.07) is 14.4. The molecule has 3 heterocycles. The van der Waals surface area contributed by atoms with Crippen molar-refractivity contribution < 1.29 is 4.74 Å². The molecule has 0 bridgehead atoms. The van der Waals surface area contributed by atoms with Crippen molar-refractivity contribution in [2.24, 2.45) is 10.9 Å². The SMILES string of the molecule is CCNC(=NCC1CCN(c2ccccc2OC)C1)N1CCN(c2ccccn2)CC1. The number of rotatable bonds is 6. The molecule has 0 spiro atoms. The standard InChI is InChI=1S/C24H34N6O/c1-3-25-24(29-16-14-28(15-17-29)23-10-6-7-12-26-23)27-18-20-11-13-30(19-20)21-8-4-5-9-22(21)31-2/h4-10,12,20H,3,11,13-19H2,1-2H3,(H,25,27). The zero-order valence-electron chi connectivity index (χ0n) is 18.7. The molecule has 4 rings (SSSR count). The van der Waals surface area contributed by atoms with Gasteiger partial charge in [-0.25, -0.2) is 4.98 Å². The molecule has 2 saturated heterocycles. The molecule has 2 aliphatic rings. The first-order valence-electron chi connectivity index (χ1n) is 11.4. The Kier molecular flexibility index (Phi) is 7.12. The Morgan fingerprint density at radius 3 is 2.61 bits per heavy atom. The lowest BCUT2D eigenvalue weighted by Crippen LogP contribution is -2.52. The van der Waals surface area contributed by atoms with Crippen LogP contribution in [0.1, 0.15) is 13.3 Å². The van der Waals surface area contributed by atoms with Crippen LogP contribution in [0.25, 0.3) is 0 Å². The van der Waals surface area contributed by atoms with Crippen LogP contribution in [0.2, 0.25) is 0 Å². The third-order valence-corrected chi connectivity index (χ3v) is 6.10. The third kappa shape index (κ3) is 5.21. The summed E-state index contributed by atoms with van der Waals surface area (Å²) in [5.74, 6) is 3.62. The van der Waals surface area contributed by atoms with Crippen LogP contribution >= 0.6 is 0 Å². The number of ether oxygens (including phenoxy) is 1. The first-order valence-corrected chi connectivity index (χ1v) is 11.4. The lowest BCUT2D eigenvalue weighted by Gasteiger charge is -2.37. The van der Waals surface area contributed by atoms with E-state index >= 15 is 0 Å². The summed E-state index contributed by atoms with van der Waals surface area (Å²) in [7, 11) is 1.74. The van der Waals surface area contributed by atoms with Gasteiger partial charge < -0.3 is 24.8 Å². The number of benzene rings is 1. The topological polar surface area (TPSA) is 56.2 Å². The molecule has 166 valence electrons. The van der Waals surface area contributed by atoms with Gasteiger partial charge in [0, 0.05) is 58.6 Å². The van der Waals surface area contributed by atoms with Crippen LogP contribution in [0, 0.1) is 5.92 Å². The van der Waals surface area contributed by atoms with Crippen LogP contribution < -0.4 is 19.9 Å². The van der Waals surface area contributed by atoms with Crippen LogP contribution in [0.4, 0.5) is 11.5 Å². The summed E-state index contributed by atoms with van der Waals surface area (Å²) in [4.78, 5) is 16.7. The number of anilines is 2. The highest BCUT2D eigenvalue weighted by Crippen LogP contribution is 2.32. The molecule has 1 aromatic heterocycles. The molecule has 1 unspecified atom stereocenters. The monoisotopic (exact) mass is 422 g/mol. The number of nitrogens with zero attached hydrogens (tertiary/aromatic N) is 5. The molecule has 1 atom stereocenters. The van der Waals surface area contributed by atoms with Gasteiger partial charge >= 0.3 is 0 Å². The van der Waals surface area contributed by atoms with Crippen molar-refractivity contribution >= 4 is 17.5 Å². The molecular weight excluding hydrogens is 388 g/mol. The van der Waals surface area contributed by atoms with Gasteiger partial charge in [0.1, 0.15) is 11.6 Å². The van der Waals surface area contributed by atoms with Crippen molar-refractivity contribution in [1.82, 2.24) is 15.2 Å². The number of pyridine rings is 1. The van der Waals surface area contributed by atoms with Crippen LogP contribution in [0.5, 0.6) is 5.75 Å². The Bertz CT molecular complexity index is 850. The maximum absolute atomic E-state index is 5.55. The third-order valence-electron chi connectivity index (χ3n) is 6.10. The van der Waals surface area contributed by atoms with Crippen molar-refractivity contribution in [2.45, 2.75) is 13.3 Å². The van der Waals surface area contributed by atoms with Gasteiger partial charge in [0.05, 0.1) is 12.8 Å². The van der Waals surface area contributed by atoms with Crippen LogP contribution in [-0.2, 0) is 0 Å². The molecule has 2 aliphatic heterocycles. The Labute approximate surface area is 185 Å². The van der Waals surface area contributed by atoms with Crippen molar-refractivity contribution in [1.29, 1.82) is 0 Å². The van der Waals surface area contributed by atoms with E-state index in [2.05, 4.69) is 56.2 Å². The molecule has 1 aromatic carbocycles. The Hall–Kier alpha value is -2.96. The maximum atomic E-state index is 5.55. The fraction of sp³-hybridized carbons (Fsp3) is 0.500. The fourth-order valence-electron chi connectivity index (χ4n) is 4.42. The molecule has 31 heavy (non-hydrogen) atoms. The molecule has 0 aliphatic carbocycles. The zero-order chi connectivity index (χ0) is 21.5. The Balaban J connectivity index is 1.33. The molecule has 7 heteroatoms. The van der Waals surface area contributed by atoms with E-state index < -0.39 is 0 Å². The highest BCUT2D eigenvalue weighted by molar-refractivity contribution is 5.80. The van der Waals surface area contributed by atoms with E-state index in [0.717, 1.165) is 76.3 Å². The van der Waals surface area contributed by atoms with Crippen LogP contribution in [0.15, 0.2) is 53.7 Å². The van der Waals surface area contributed by atoms with E-state index in [1.807, 2.05) is 24.4 Å². The normalized spacial score (nSPS) is 19.6. The maximum Gasteiger partial charge on any atom is 0.194 e. The number of para-hydroxylation sites is 2. The first-order chi connectivity index (χ1) is 15.3. The minimum atomic E-state index is 0.563. The lowest BCUT2D eigenvalue weighted by molar-refractivity contribution is 0.370. The van der Waals surface area contributed by atoms with Gasteiger partial charge in [-0.3, -0.25) is 4.99 Å². The molecule has 1 N–H and O–H groups in total. The molecule has 0 radical (unpaired) electrons. The molecular formula is C24H34N6O. The van der Waals surface area contributed by atoms with Gasteiger partial charge in [0.25, 0.3) is 0 Å². The van der Waals surface area contributed by atoms with Gasteiger partial charge in [0.2, 0.25) is 0 Å².